The molecule has 0 aliphatic rings. The minimum absolute atomic E-state index is 0.192. The number of amides is 1. The number of hydrogen-bond acceptors (Lipinski definition) is 2. The topological polar surface area (TPSA) is 56.0 Å². The number of pyridine rings is 1. The maximum Gasteiger partial charge on any atom is 0.221 e. The normalized spacial score (nSPS) is 10.7. The minimum Gasteiger partial charge on any atom is -0.369 e. The van der Waals surface area contributed by atoms with E-state index in [0.717, 1.165) is 5.56 Å². The highest BCUT2D eigenvalue weighted by Gasteiger charge is 1.96. The molecular formula is C9H8Cl2N2O. The summed E-state index contributed by atoms with van der Waals surface area (Å²) >= 11 is 11.3. The van der Waals surface area contributed by atoms with Crippen LogP contribution in [0.3, 0.4) is 0 Å². The highest BCUT2D eigenvalue weighted by atomic mass is 35.5. The van der Waals surface area contributed by atoms with E-state index in [0.29, 0.717) is 10.3 Å². The second kappa shape index (κ2) is 4.98. The Kier molecular flexibility index (Phi) is 3.92. The Morgan fingerprint density at radius 1 is 1.43 bits per heavy atom. The van der Waals surface area contributed by atoms with Crippen molar-refractivity contribution in [2.45, 2.75) is 6.42 Å². The number of primary amides is 1. The van der Waals surface area contributed by atoms with E-state index in [1.165, 1.54) is 0 Å². The van der Waals surface area contributed by atoms with E-state index in [1.54, 1.807) is 24.3 Å². The molecule has 0 aliphatic heterocycles. The molecule has 0 unspecified atom stereocenters. The number of carbonyl (C=O) groups is 1. The lowest BCUT2D eigenvalue weighted by Gasteiger charge is -1.95. The quantitative estimate of drug-likeness (QED) is 0.811. The second-order valence-electron chi connectivity index (χ2n) is 2.62. The highest BCUT2D eigenvalue weighted by molar-refractivity contribution is 6.32. The van der Waals surface area contributed by atoms with Crippen molar-refractivity contribution < 1.29 is 4.79 Å². The first kappa shape index (κ1) is 11.0. The van der Waals surface area contributed by atoms with Crippen LogP contribution in [-0.4, -0.2) is 10.9 Å². The molecule has 0 bridgehead atoms. The minimum atomic E-state index is -0.382. The summed E-state index contributed by atoms with van der Waals surface area (Å²) < 4.78 is 0. The Hall–Kier alpha value is -1.06. The SMILES string of the molecule is NC(=O)CC=Cc1cc(Cl)nc(Cl)c1. The van der Waals surface area contributed by atoms with Crippen molar-refractivity contribution in [3.05, 3.63) is 34.1 Å². The predicted octanol–water partition coefficient (Wildman–Crippen LogP) is 2.28. The summed E-state index contributed by atoms with van der Waals surface area (Å²) in [6, 6.07) is 3.29. The average molecular weight is 231 g/mol. The molecule has 0 saturated heterocycles. The van der Waals surface area contributed by atoms with Crippen molar-refractivity contribution >= 4 is 35.2 Å². The van der Waals surface area contributed by atoms with Crippen molar-refractivity contribution in [2.24, 2.45) is 5.73 Å². The summed E-state index contributed by atoms with van der Waals surface area (Å²) in [6.07, 6.45) is 3.55. The third-order valence-corrected chi connectivity index (χ3v) is 1.80. The summed E-state index contributed by atoms with van der Waals surface area (Å²) in [7, 11) is 0. The van der Waals surface area contributed by atoms with Crippen LogP contribution in [0.1, 0.15) is 12.0 Å². The van der Waals surface area contributed by atoms with Gasteiger partial charge < -0.3 is 5.73 Å². The Morgan fingerprint density at radius 2 is 2.00 bits per heavy atom. The molecular weight excluding hydrogens is 223 g/mol. The van der Waals surface area contributed by atoms with Crippen molar-refractivity contribution in [1.82, 2.24) is 4.98 Å². The Morgan fingerprint density at radius 3 is 2.50 bits per heavy atom. The number of aromatic nitrogens is 1. The molecule has 0 spiro atoms. The van der Waals surface area contributed by atoms with Gasteiger partial charge in [-0.1, -0.05) is 35.4 Å². The summed E-state index contributed by atoms with van der Waals surface area (Å²) in [5.41, 5.74) is 5.75. The van der Waals surface area contributed by atoms with Crippen molar-refractivity contribution in [3.8, 4) is 0 Å². The van der Waals surface area contributed by atoms with Gasteiger partial charge in [0.1, 0.15) is 10.3 Å². The number of halogens is 2. The van der Waals surface area contributed by atoms with Gasteiger partial charge in [0.25, 0.3) is 0 Å². The van der Waals surface area contributed by atoms with Gasteiger partial charge in [0.2, 0.25) is 5.91 Å². The zero-order valence-corrected chi connectivity index (χ0v) is 8.72. The summed E-state index contributed by atoms with van der Waals surface area (Å²) in [5.74, 6) is -0.382. The Balaban J connectivity index is 2.76. The molecule has 3 nitrogen and oxygen atoms in total. The van der Waals surface area contributed by atoms with Gasteiger partial charge in [-0.2, -0.15) is 0 Å². The Bertz CT molecular complexity index is 357. The summed E-state index contributed by atoms with van der Waals surface area (Å²) in [6.45, 7) is 0. The fourth-order valence-corrected chi connectivity index (χ4v) is 1.37. The van der Waals surface area contributed by atoms with Crippen LogP contribution in [0.15, 0.2) is 18.2 Å². The molecule has 0 aliphatic carbocycles. The molecule has 0 fully saturated rings. The second-order valence-corrected chi connectivity index (χ2v) is 3.39. The van der Waals surface area contributed by atoms with Crippen LogP contribution in [-0.2, 0) is 4.79 Å². The maximum absolute atomic E-state index is 10.4. The Labute approximate surface area is 91.5 Å². The van der Waals surface area contributed by atoms with Crippen LogP contribution in [0, 0.1) is 0 Å². The van der Waals surface area contributed by atoms with Gasteiger partial charge in [0.15, 0.2) is 0 Å². The van der Waals surface area contributed by atoms with Gasteiger partial charge in [0.05, 0.1) is 0 Å². The van der Waals surface area contributed by atoms with Crippen molar-refractivity contribution in [3.63, 3.8) is 0 Å². The van der Waals surface area contributed by atoms with E-state index in [2.05, 4.69) is 4.98 Å². The fourth-order valence-electron chi connectivity index (χ4n) is 0.891. The number of hydrogen-bond donors (Lipinski definition) is 1. The number of rotatable bonds is 3. The lowest BCUT2D eigenvalue weighted by molar-refractivity contribution is -0.117. The molecule has 1 aromatic heterocycles. The van der Waals surface area contributed by atoms with Gasteiger partial charge in [-0.25, -0.2) is 4.98 Å². The number of nitrogens with zero attached hydrogens (tertiary/aromatic N) is 1. The fraction of sp³-hybridized carbons (Fsp3) is 0.111. The molecule has 5 heteroatoms. The number of carbonyl (C=O) groups excluding carboxylic acids is 1. The van der Waals surface area contributed by atoms with E-state index in [-0.39, 0.29) is 12.3 Å². The average Bonchev–Trinajstić information content (AvgIpc) is 2.01. The molecule has 1 amide bonds. The van der Waals surface area contributed by atoms with Crippen molar-refractivity contribution in [2.75, 3.05) is 0 Å². The van der Waals surface area contributed by atoms with Crippen LogP contribution in [0.2, 0.25) is 10.3 Å². The molecule has 0 aromatic carbocycles. The lowest BCUT2D eigenvalue weighted by Crippen LogP contribution is -2.07. The zero-order valence-electron chi connectivity index (χ0n) is 7.21. The molecule has 1 rings (SSSR count). The molecule has 2 N–H and O–H groups in total. The van der Waals surface area contributed by atoms with E-state index >= 15 is 0 Å². The highest BCUT2D eigenvalue weighted by Crippen LogP contribution is 2.15. The molecule has 1 aromatic rings. The van der Waals surface area contributed by atoms with Crippen LogP contribution < -0.4 is 5.73 Å². The monoisotopic (exact) mass is 230 g/mol. The van der Waals surface area contributed by atoms with Crippen LogP contribution in [0.5, 0.6) is 0 Å². The molecule has 14 heavy (non-hydrogen) atoms. The molecule has 1 heterocycles. The van der Waals surface area contributed by atoms with Crippen LogP contribution in [0.25, 0.3) is 6.08 Å². The molecule has 0 atom stereocenters. The van der Waals surface area contributed by atoms with E-state index in [9.17, 15) is 4.79 Å². The smallest absolute Gasteiger partial charge is 0.221 e. The van der Waals surface area contributed by atoms with Gasteiger partial charge in [-0.05, 0) is 17.7 Å². The maximum atomic E-state index is 10.4. The molecule has 0 saturated carbocycles. The standard InChI is InChI=1S/C9H8Cl2N2O/c10-7-4-6(5-8(11)13-7)2-1-3-9(12)14/h1-2,4-5H,3H2,(H2,12,14). The van der Waals surface area contributed by atoms with Gasteiger partial charge in [0, 0.05) is 6.42 Å². The summed E-state index contributed by atoms with van der Waals surface area (Å²) in [4.78, 5) is 14.2. The first-order chi connectivity index (χ1) is 6.58. The summed E-state index contributed by atoms with van der Waals surface area (Å²) in [5, 5.41) is 0.632. The van der Waals surface area contributed by atoms with E-state index < -0.39 is 0 Å². The zero-order chi connectivity index (χ0) is 10.6. The van der Waals surface area contributed by atoms with Crippen molar-refractivity contribution in [1.29, 1.82) is 0 Å². The molecule has 74 valence electrons. The van der Waals surface area contributed by atoms with Gasteiger partial charge >= 0.3 is 0 Å². The lowest BCUT2D eigenvalue weighted by atomic mass is 10.2. The van der Waals surface area contributed by atoms with Gasteiger partial charge in [-0.15, -0.1) is 0 Å². The number of nitrogens with two attached hydrogens (primary N) is 1. The third-order valence-electron chi connectivity index (χ3n) is 1.41. The predicted molar refractivity (Wildman–Crippen MR) is 57.1 cm³/mol. The van der Waals surface area contributed by atoms with E-state index in [1.807, 2.05) is 0 Å². The van der Waals surface area contributed by atoms with E-state index in [4.69, 9.17) is 28.9 Å². The third kappa shape index (κ3) is 3.77. The first-order valence-electron chi connectivity index (χ1n) is 3.86. The van der Waals surface area contributed by atoms with Gasteiger partial charge in [-0.3, -0.25) is 4.79 Å². The van der Waals surface area contributed by atoms with Crippen LogP contribution >= 0.6 is 23.2 Å². The largest absolute Gasteiger partial charge is 0.369 e. The molecule has 0 radical (unpaired) electrons. The first-order valence-corrected chi connectivity index (χ1v) is 4.61. The van der Waals surface area contributed by atoms with Crippen LogP contribution in [0.4, 0.5) is 0 Å².